The molecule has 1 fully saturated rings. The number of nitrogens with one attached hydrogen (secondary N) is 1. The van der Waals surface area contributed by atoms with E-state index in [1.807, 2.05) is 81.1 Å². The summed E-state index contributed by atoms with van der Waals surface area (Å²) in [4.78, 5) is 35.9. The van der Waals surface area contributed by atoms with Crippen LogP contribution in [0.1, 0.15) is 63.6 Å². The first-order valence-corrected chi connectivity index (χ1v) is 13.9. The summed E-state index contributed by atoms with van der Waals surface area (Å²) in [6.45, 7) is 10.1. The Kier molecular flexibility index (Phi) is 8.52. The lowest BCUT2D eigenvalue weighted by Gasteiger charge is -2.41. The first kappa shape index (κ1) is 26.0. The molecule has 2 aliphatic rings. The average molecular weight is 505 g/mol. The standard InChI is InChI=1S/C29H36N4O2S/c1-5-24(21-13-9-8-10-14-21)27(34)31-23-16-11-15-22(19-23)26-25(28(35)32(6-2)7-3)20(4)30-29-33(26)17-12-18-36-29/h8-11,13-16,19,24,26H,5-7,12,17-18H2,1-4H3,(H,31,34)/t24-,26+/m1/s1. The zero-order valence-corrected chi connectivity index (χ0v) is 22.5. The topological polar surface area (TPSA) is 65.0 Å². The van der Waals surface area contributed by atoms with Gasteiger partial charge in [0.1, 0.15) is 0 Å². The number of fused-ring (bicyclic) bond motifs is 1. The van der Waals surface area contributed by atoms with Crippen LogP contribution in [0.15, 0.2) is 70.9 Å². The van der Waals surface area contributed by atoms with Gasteiger partial charge in [0.15, 0.2) is 5.17 Å². The number of benzene rings is 2. The molecule has 0 saturated carbocycles. The highest BCUT2D eigenvalue weighted by molar-refractivity contribution is 8.13. The maximum absolute atomic E-state index is 13.7. The van der Waals surface area contributed by atoms with E-state index in [9.17, 15) is 9.59 Å². The van der Waals surface area contributed by atoms with Gasteiger partial charge in [-0.1, -0.05) is 61.2 Å². The Labute approximate surface area is 218 Å². The monoisotopic (exact) mass is 504 g/mol. The summed E-state index contributed by atoms with van der Waals surface area (Å²) in [5.74, 6) is 0.823. The van der Waals surface area contributed by atoms with Crippen molar-refractivity contribution in [3.8, 4) is 0 Å². The largest absolute Gasteiger partial charge is 0.340 e. The zero-order chi connectivity index (χ0) is 25.7. The number of rotatable bonds is 8. The molecule has 0 radical (unpaired) electrons. The van der Waals surface area contributed by atoms with Gasteiger partial charge in [-0.15, -0.1) is 0 Å². The van der Waals surface area contributed by atoms with E-state index >= 15 is 0 Å². The third-order valence-electron chi connectivity index (χ3n) is 6.94. The van der Waals surface area contributed by atoms with Crippen LogP contribution in [-0.4, -0.2) is 52.2 Å². The summed E-state index contributed by atoms with van der Waals surface area (Å²) in [5, 5.41) is 4.12. The van der Waals surface area contributed by atoms with Gasteiger partial charge in [-0.25, -0.2) is 4.99 Å². The van der Waals surface area contributed by atoms with E-state index in [1.165, 1.54) is 0 Å². The van der Waals surface area contributed by atoms with Gasteiger partial charge in [-0.2, -0.15) is 0 Å². The van der Waals surface area contributed by atoms with Gasteiger partial charge in [0.25, 0.3) is 5.91 Å². The second kappa shape index (κ2) is 11.8. The molecule has 6 nitrogen and oxygen atoms in total. The molecular weight excluding hydrogens is 468 g/mol. The fourth-order valence-corrected chi connectivity index (χ4v) is 6.06. The molecule has 36 heavy (non-hydrogen) atoms. The fourth-order valence-electron chi connectivity index (χ4n) is 5.04. The summed E-state index contributed by atoms with van der Waals surface area (Å²) in [6.07, 6.45) is 1.76. The van der Waals surface area contributed by atoms with E-state index < -0.39 is 0 Å². The van der Waals surface area contributed by atoms with E-state index in [0.29, 0.717) is 19.5 Å². The fraction of sp³-hybridized carbons (Fsp3) is 0.414. The molecule has 2 aliphatic heterocycles. The van der Waals surface area contributed by atoms with Crippen molar-refractivity contribution >= 4 is 34.4 Å². The number of carbonyl (C=O) groups is 2. The van der Waals surface area contributed by atoms with Gasteiger partial charge in [0.2, 0.25) is 5.91 Å². The van der Waals surface area contributed by atoms with E-state index in [0.717, 1.165) is 52.0 Å². The molecule has 1 saturated heterocycles. The molecule has 0 spiro atoms. The first-order valence-electron chi connectivity index (χ1n) is 12.9. The van der Waals surface area contributed by atoms with Crippen LogP contribution in [0.25, 0.3) is 0 Å². The number of carbonyl (C=O) groups excluding carboxylic acids is 2. The van der Waals surface area contributed by atoms with Crippen molar-refractivity contribution in [3.05, 3.63) is 77.0 Å². The van der Waals surface area contributed by atoms with Gasteiger partial charge in [0.05, 0.1) is 23.2 Å². The van der Waals surface area contributed by atoms with E-state index in [4.69, 9.17) is 4.99 Å². The summed E-state index contributed by atoms with van der Waals surface area (Å²) >= 11 is 1.75. The number of hydrogen-bond donors (Lipinski definition) is 1. The summed E-state index contributed by atoms with van der Waals surface area (Å²) in [7, 11) is 0. The van der Waals surface area contributed by atoms with Gasteiger partial charge in [-0.05, 0) is 56.9 Å². The van der Waals surface area contributed by atoms with Crippen LogP contribution in [0.5, 0.6) is 0 Å². The minimum absolute atomic E-state index is 0.0218. The number of amidine groups is 1. The molecular formula is C29H36N4O2S. The Morgan fingerprint density at radius 2 is 1.86 bits per heavy atom. The van der Waals surface area contributed by atoms with Crippen molar-refractivity contribution in [2.75, 3.05) is 30.7 Å². The number of hydrogen-bond acceptors (Lipinski definition) is 5. The molecule has 2 atom stereocenters. The van der Waals surface area contributed by atoms with Crippen LogP contribution < -0.4 is 5.32 Å². The molecule has 2 aromatic carbocycles. The number of allylic oxidation sites excluding steroid dienone is 1. The van der Waals surface area contributed by atoms with Crippen molar-refractivity contribution < 1.29 is 9.59 Å². The highest BCUT2D eigenvalue weighted by atomic mass is 32.2. The van der Waals surface area contributed by atoms with Crippen LogP contribution in [0.4, 0.5) is 5.69 Å². The minimum Gasteiger partial charge on any atom is -0.340 e. The molecule has 4 rings (SSSR count). The van der Waals surface area contributed by atoms with Crippen LogP contribution >= 0.6 is 11.8 Å². The van der Waals surface area contributed by atoms with Gasteiger partial charge < -0.3 is 15.1 Å². The van der Waals surface area contributed by atoms with Crippen molar-refractivity contribution in [1.82, 2.24) is 9.80 Å². The second-order valence-corrected chi connectivity index (χ2v) is 10.2. The average Bonchev–Trinajstić information content (AvgIpc) is 2.89. The Morgan fingerprint density at radius 1 is 1.11 bits per heavy atom. The van der Waals surface area contributed by atoms with Crippen LogP contribution in [0.3, 0.4) is 0 Å². The van der Waals surface area contributed by atoms with Gasteiger partial charge in [-0.3, -0.25) is 9.59 Å². The number of aliphatic imine (C=N–C) groups is 1. The minimum atomic E-state index is -0.230. The molecule has 0 aromatic heterocycles. The predicted molar refractivity (Wildman–Crippen MR) is 149 cm³/mol. The lowest BCUT2D eigenvalue weighted by atomic mass is 9.92. The van der Waals surface area contributed by atoms with E-state index in [2.05, 4.69) is 16.3 Å². The molecule has 2 amide bonds. The van der Waals surface area contributed by atoms with Crippen molar-refractivity contribution in [2.45, 2.75) is 52.5 Å². The van der Waals surface area contributed by atoms with Crippen LogP contribution in [0, 0.1) is 0 Å². The first-order chi connectivity index (χ1) is 17.5. The smallest absolute Gasteiger partial charge is 0.254 e. The lowest BCUT2D eigenvalue weighted by molar-refractivity contribution is -0.127. The summed E-state index contributed by atoms with van der Waals surface area (Å²) in [6, 6.07) is 17.6. The quantitative estimate of drug-likeness (QED) is 0.493. The predicted octanol–water partition coefficient (Wildman–Crippen LogP) is 5.81. The molecule has 0 bridgehead atoms. The van der Waals surface area contributed by atoms with Crippen LogP contribution in [0.2, 0.25) is 0 Å². The number of likely N-dealkylation sites (N-methyl/N-ethyl adjacent to an activating group) is 1. The number of thioether (sulfide) groups is 1. The van der Waals surface area contributed by atoms with Crippen molar-refractivity contribution in [2.24, 2.45) is 4.99 Å². The van der Waals surface area contributed by atoms with Gasteiger partial charge in [0, 0.05) is 31.1 Å². The summed E-state index contributed by atoms with van der Waals surface area (Å²) in [5.41, 5.74) is 4.25. The maximum atomic E-state index is 13.7. The highest BCUT2D eigenvalue weighted by Crippen LogP contribution is 2.40. The van der Waals surface area contributed by atoms with Gasteiger partial charge >= 0.3 is 0 Å². The van der Waals surface area contributed by atoms with E-state index in [1.54, 1.807) is 11.8 Å². The second-order valence-electron chi connectivity index (χ2n) is 9.16. The molecule has 1 N–H and O–H groups in total. The highest BCUT2D eigenvalue weighted by Gasteiger charge is 2.38. The Morgan fingerprint density at radius 3 is 2.56 bits per heavy atom. The maximum Gasteiger partial charge on any atom is 0.254 e. The Bertz CT molecular complexity index is 1160. The third-order valence-corrected chi connectivity index (χ3v) is 8.01. The third kappa shape index (κ3) is 5.36. The number of nitrogens with zero attached hydrogens (tertiary/aromatic N) is 3. The van der Waals surface area contributed by atoms with E-state index in [-0.39, 0.29) is 23.8 Å². The summed E-state index contributed by atoms with van der Waals surface area (Å²) < 4.78 is 0. The van der Waals surface area contributed by atoms with Crippen LogP contribution in [-0.2, 0) is 9.59 Å². The SMILES string of the molecule is CC[C@@H](C(=O)Nc1cccc([C@H]2C(C(=O)N(CC)CC)=C(C)N=C3SCCCN32)c1)c1ccccc1. The molecule has 0 unspecified atom stereocenters. The molecule has 190 valence electrons. The van der Waals surface area contributed by atoms with Crippen molar-refractivity contribution in [1.29, 1.82) is 0 Å². The Hall–Kier alpha value is -3.06. The number of amides is 2. The molecule has 2 aromatic rings. The molecule has 0 aliphatic carbocycles. The number of anilines is 1. The zero-order valence-electron chi connectivity index (χ0n) is 21.7. The normalized spacial score (nSPS) is 18.3. The Balaban J connectivity index is 1.68. The molecule has 7 heteroatoms. The van der Waals surface area contributed by atoms with Crippen molar-refractivity contribution in [3.63, 3.8) is 0 Å². The lowest BCUT2D eigenvalue weighted by Crippen LogP contribution is -2.45. The molecule has 2 heterocycles.